The third-order valence-electron chi connectivity index (χ3n) is 4.92. The van der Waals surface area contributed by atoms with Gasteiger partial charge in [0, 0.05) is 24.2 Å². The molecule has 4 rings (SSSR count). The van der Waals surface area contributed by atoms with Crippen LogP contribution in [0, 0.1) is 12.7 Å². The highest BCUT2D eigenvalue weighted by atomic mass is 19.3. The first-order valence-electron chi connectivity index (χ1n) is 9.62. The van der Waals surface area contributed by atoms with Crippen LogP contribution in [0.1, 0.15) is 19.4 Å². The van der Waals surface area contributed by atoms with Crippen molar-refractivity contribution in [1.82, 2.24) is 25.2 Å². The number of hydrogen-bond donors (Lipinski definition) is 2. The molecule has 3 heterocycles. The predicted molar refractivity (Wildman–Crippen MR) is 112 cm³/mol. The van der Waals surface area contributed by atoms with E-state index < -0.39 is 12.0 Å². The van der Waals surface area contributed by atoms with Crippen LogP contribution in [0.25, 0.3) is 11.3 Å². The summed E-state index contributed by atoms with van der Waals surface area (Å²) < 4.78 is 42.0. The minimum Gasteiger partial charge on any atom is -0.323 e. The summed E-state index contributed by atoms with van der Waals surface area (Å²) in [5.74, 6) is 0.913. The lowest BCUT2D eigenvalue weighted by Crippen LogP contribution is -2.44. The quantitative estimate of drug-likeness (QED) is 0.630. The van der Waals surface area contributed by atoms with Crippen LogP contribution in [0.2, 0.25) is 0 Å². The lowest BCUT2D eigenvalue weighted by atomic mass is 10.1. The van der Waals surface area contributed by atoms with Gasteiger partial charge in [-0.25, -0.2) is 28.6 Å². The molecule has 1 aromatic carbocycles. The maximum atomic E-state index is 13.5. The highest BCUT2D eigenvalue weighted by molar-refractivity contribution is 5.72. The first-order valence-corrected chi connectivity index (χ1v) is 9.62. The van der Waals surface area contributed by atoms with Crippen molar-refractivity contribution >= 4 is 17.5 Å². The lowest BCUT2D eigenvalue weighted by molar-refractivity contribution is 0.186. The average Bonchev–Trinajstić information content (AvgIpc) is 3.18. The first kappa shape index (κ1) is 20.9. The molecule has 3 aromatic rings. The topological polar surface area (TPSA) is 70.9 Å². The predicted octanol–water partition coefficient (Wildman–Crippen LogP) is 4.32. The van der Waals surface area contributed by atoms with E-state index in [-0.39, 0.29) is 17.3 Å². The number of nitrogens with one attached hydrogen (secondary N) is 2. The number of allylic oxidation sites excluding steroid dienone is 1. The monoisotopic (exact) mass is 429 g/mol. The van der Waals surface area contributed by atoms with Crippen molar-refractivity contribution in [3.8, 4) is 11.3 Å². The van der Waals surface area contributed by atoms with Gasteiger partial charge in [0.2, 0.25) is 0 Å². The maximum Gasteiger partial charge on any atom is 0.279 e. The molecule has 0 radical (unpaired) electrons. The molecular weight excluding hydrogens is 407 g/mol. The molecule has 0 spiro atoms. The van der Waals surface area contributed by atoms with Crippen molar-refractivity contribution in [2.75, 3.05) is 10.3 Å². The summed E-state index contributed by atoms with van der Waals surface area (Å²) in [6.07, 6.45) is 0.120. The molecule has 2 aromatic heterocycles. The van der Waals surface area contributed by atoms with Crippen LogP contribution in [-0.4, -0.2) is 31.7 Å². The van der Waals surface area contributed by atoms with Gasteiger partial charge in [-0.15, -0.1) is 0 Å². The molecule has 0 saturated carbocycles. The van der Waals surface area contributed by atoms with Gasteiger partial charge in [-0.3, -0.25) is 9.69 Å². The lowest BCUT2D eigenvalue weighted by Gasteiger charge is -2.25. The van der Waals surface area contributed by atoms with Crippen molar-refractivity contribution in [1.29, 1.82) is 0 Å². The van der Waals surface area contributed by atoms with Gasteiger partial charge >= 0.3 is 0 Å². The smallest absolute Gasteiger partial charge is 0.279 e. The van der Waals surface area contributed by atoms with Crippen LogP contribution in [0.15, 0.2) is 48.4 Å². The zero-order valence-corrected chi connectivity index (χ0v) is 17.5. The molecule has 0 atom stereocenters. The molecule has 10 heteroatoms. The van der Waals surface area contributed by atoms with Crippen LogP contribution in [0.3, 0.4) is 0 Å². The van der Waals surface area contributed by atoms with Gasteiger partial charge in [0.1, 0.15) is 23.7 Å². The Morgan fingerprint density at radius 2 is 1.84 bits per heavy atom. The Morgan fingerprint density at radius 1 is 1.13 bits per heavy atom. The number of aromatic nitrogens is 4. The van der Waals surface area contributed by atoms with Gasteiger partial charge in [-0.05, 0) is 51.1 Å². The molecule has 1 aliphatic heterocycles. The molecule has 1 aliphatic rings. The third-order valence-corrected chi connectivity index (χ3v) is 4.92. The molecule has 31 heavy (non-hydrogen) atoms. The van der Waals surface area contributed by atoms with E-state index in [4.69, 9.17) is 0 Å². The van der Waals surface area contributed by atoms with Gasteiger partial charge in [-0.2, -0.15) is 5.10 Å². The number of halogens is 3. The summed E-state index contributed by atoms with van der Waals surface area (Å²) in [5.41, 5.74) is 4.69. The maximum absolute atomic E-state index is 13.5. The largest absolute Gasteiger partial charge is 0.323 e. The SMILES string of the molecule is Cc1c(Nc2cc(N3NC(C)(C)C=C3C(F)F)ncn2)nn(C)c1-c1ccc(F)cc1. The van der Waals surface area contributed by atoms with Gasteiger partial charge in [0.15, 0.2) is 11.6 Å². The minimum absolute atomic E-state index is 0.165. The molecule has 0 fully saturated rings. The highest BCUT2D eigenvalue weighted by Crippen LogP contribution is 2.32. The fourth-order valence-electron chi connectivity index (χ4n) is 3.59. The summed E-state index contributed by atoms with van der Waals surface area (Å²) >= 11 is 0. The van der Waals surface area contributed by atoms with Crippen LogP contribution in [0.5, 0.6) is 0 Å². The van der Waals surface area contributed by atoms with Gasteiger partial charge in [0.05, 0.1) is 11.2 Å². The molecule has 162 valence electrons. The number of hydrogen-bond acceptors (Lipinski definition) is 6. The fourth-order valence-corrected chi connectivity index (χ4v) is 3.59. The summed E-state index contributed by atoms with van der Waals surface area (Å²) in [6.45, 7) is 5.48. The normalized spacial score (nSPS) is 15.5. The molecule has 0 saturated heterocycles. The Kier molecular flexibility index (Phi) is 5.18. The molecule has 2 N–H and O–H groups in total. The van der Waals surface area contributed by atoms with E-state index in [1.54, 1.807) is 43.8 Å². The number of nitrogens with zero attached hydrogens (tertiary/aromatic N) is 5. The van der Waals surface area contributed by atoms with E-state index in [0.717, 1.165) is 16.8 Å². The van der Waals surface area contributed by atoms with E-state index in [2.05, 4.69) is 25.8 Å². The van der Waals surface area contributed by atoms with E-state index in [1.807, 2.05) is 6.92 Å². The van der Waals surface area contributed by atoms with Gasteiger partial charge in [0.25, 0.3) is 6.43 Å². The number of hydrazine groups is 1. The summed E-state index contributed by atoms with van der Waals surface area (Å²) in [4.78, 5) is 8.33. The standard InChI is InChI=1S/C21H22F3N7/c1-12-18(13-5-7-14(22)8-6-13)30(4)28-20(12)27-16-9-17(26-11-25-16)31-15(19(23)24)10-21(2,3)29-31/h5-11,19,29H,1-4H3,(H,25,26,27,28). The fraction of sp³-hybridized carbons (Fsp3) is 0.286. The molecular formula is C21H22F3N7. The van der Waals surface area contributed by atoms with E-state index in [0.29, 0.717) is 11.6 Å². The number of alkyl halides is 2. The molecule has 7 nitrogen and oxygen atoms in total. The van der Waals surface area contributed by atoms with Crippen LogP contribution >= 0.6 is 0 Å². The Balaban J connectivity index is 1.63. The Labute approximate surface area is 177 Å². The van der Waals surface area contributed by atoms with Crippen molar-refractivity contribution in [3.05, 3.63) is 59.8 Å². The summed E-state index contributed by atoms with van der Waals surface area (Å²) in [5, 5.41) is 8.88. The molecule has 0 unspecified atom stereocenters. The molecule has 0 aliphatic carbocycles. The molecule has 0 amide bonds. The van der Waals surface area contributed by atoms with Crippen LogP contribution in [-0.2, 0) is 7.05 Å². The Morgan fingerprint density at radius 3 is 2.52 bits per heavy atom. The number of anilines is 3. The zero-order valence-electron chi connectivity index (χ0n) is 17.5. The molecule has 0 bridgehead atoms. The van der Waals surface area contributed by atoms with Crippen molar-refractivity contribution in [2.24, 2.45) is 7.05 Å². The summed E-state index contributed by atoms with van der Waals surface area (Å²) in [7, 11) is 1.79. The van der Waals surface area contributed by atoms with E-state index in [1.165, 1.54) is 29.5 Å². The average molecular weight is 429 g/mol. The minimum atomic E-state index is -2.66. The van der Waals surface area contributed by atoms with E-state index in [9.17, 15) is 13.2 Å². The van der Waals surface area contributed by atoms with Crippen LogP contribution < -0.4 is 15.8 Å². The number of benzene rings is 1. The second-order valence-corrected chi connectivity index (χ2v) is 7.88. The highest BCUT2D eigenvalue weighted by Gasteiger charge is 2.35. The van der Waals surface area contributed by atoms with Crippen molar-refractivity contribution in [3.63, 3.8) is 0 Å². The second kappa shape index (κ2) is 7.69. The van der Waals surface area contributed by atoms with Crippen molar-refractivity contribution < 1.29 is 13.2 Å². The first-order chi connectivity index (χ1) is 14.6. The third kappa shape index (κ3) is 4.11. The van der Waals surface area contributed by atoms with E-state index >= 15 is 0 Å². The van der Waals surface area contributed by atoms with Gasteiger partial charge in [-0.1, -0.05) is 0 Å². The number of aryl methyl sites for hydroxylation is 1. The Bertz CT molecular complexity index is 1140. The summed E-state index contributed by atoms with van der Waals surface area (Å²) in [6, 6.07) is 7.72. The van der Waals surface area contributed by atoms with Gasteiger partial charge < -0.3 is 5.32 Å². The second-order valence-electron chi connectivity index (χ2n) is 7.88. The van der Waals surface area contributed by atoms with Crippen molar-refractivity contribution in [2.45, 2.75) is 32.7 Å². The Hall–Kier alpha value is -3.40. The zero-order chi connectivity index (χ0) is 22.3. The van der Waals surface area contributed by atoms with Crippen LogP contribution in [0.4, 0.5) is 30.6 Å². The number of rotatable bonds is 5.